The highest BCUT2D eigenvalue weighted by molar-refractivity contribution is 8.00. The summed E-state index contributed by atoms with van der Waals surface area (Å²) in [7, 11) is 0. The van der Waals surface area contributed by atoms with E-state index in [4.69, 9.17) is 4.74 Å². The Morgan fingerprint density at radius 3 is 2.90 bits per heavy atom. The van der Waals surface area contributed by atoms with Crippen molar-refractivity contribution in [2.24, 2.45) is 4.99 Å². The third kappa shape index (κ3) is 6.40. The maximum atomic E-state index is 13.6. The van der Waals surface area contributed by atoms with Crippen LogP contribution in [0.25, 0.3) is 10.2 Å². The lowest BCUT2D eigenvalue weighted by molar-refractivity contribution is -0.132. The minimum absolute atomic E-state index is 0.105. The number of ether oxygens (including phenoxy) is 1. The number of thioether (sulfide) groups is 1. The van der Waals surface area contributed by atoms with Crippen LogP contribution in [-0.4, -0.2) is 58.6 Å². The SMILES string of the molecule is CCOCCn1c(=NC(=O)CSCC(=O)N2CCCCC2CC)sc2cc(F)ccc21. The molecule has 1 aliphatic heterocycles. The summed E-state index contributed by atoms with van der Waals surface area (Å²) in [5, 5.41) is 0. The lowest BCUT2D eigenvalue weighted by atomic mass is 10.0. The van der Waals surface area contributed by atoms with Gasteiger partial charge in [0.2, 0.25) is 5.91 Å². The maximum Gasteiger partial charge on any atom is 0.258 e. The number of nitrogens with zero attached hydrogens (tertiary/aromatic N) is 3. The van der Waals surface area contributed by atoms with Crippen LogP contribution in [0.5, 0.6) is 0 Å². The van der Waals surface area contributed by atoms with Gasteiger partial charge in [-0.05, 0) is 50.8 Å². The van der Waals surface area contributed by atoms with Crippen molar-refractivity contribution in [1.82, 2.24) is 9.47 Å². The Balaban J connectivity index is 1.65. The van der Waals surface area contributed by atoms with Gasteiger partial charge in [-0.1, -0.05) is 18.3 Å². The zero-order valence-electron chi connectivity index (χ0n) is 18.1. The van der Waals surface area contributed by atoms with Gasteiger partial charge in [0.05, 0.1) is 28.3 Å². The Morgan fingerprint density at radius 2 is 2.13 bits per heavy atom. The van der Waals surface area contributed by atoms with E-state index in [9.17, 15) is 14.0 Å². The fourth-order valence-corrected chi connectivity index (χ4v) is 5.63. The van der Waals surface area contributed by atoms with E-state index < -0.39 is 0 Å². The summed E-state index contributed by atoms with van der Waals surface area (Å²) in [6.45, 7) is 6.47. The molecule has 1 aromatic heterocycles. The molecule has 1 atom stereocenters. The fourth-order valence-electron chi connectivity index (χ4n) is 3.85. The quantitative estimate of drug-likeness (QED) is 0.526. The number of aromatic nitrogens is 1. The van der Waals surface area contributed by atoms with E-state index in [1.807, 2.05) is 16.4 Å². The summed E-state index contributed by atoms with van der Waals surface area (Å²) in [4.78, 5) is 31.8. The second kappa shape index (κ2) is 11.8. The molecule has 2 heterocycles. The molecule has 0 radical (unpaired) electrons. The van der Waals surface area contributed by atoms with Gasteiger partial charge in [-0.2, -0.15) is 4.99 Å². The Labute approximate surface area is 190 Å². The molecule has 31 heavy (non-hydrogen) atoms. The fraction of sp³-hybridized carbons (Fsp3) is 0.591. The molecule has 170 valence electrons. The summed E-state index contributed by atoms with van der Waals surface area (Å²) >= 11 is 2.59. The first-order valence-electron chi connectivity index (χ1n) is 10.8. The second-order valence-corrected chi connectivity index (χ2v) is 9.48. The highest BCUT2D eigenvalue weighted by Gasteiger charge is 2.25. The van der Waals surface area contributed by atoms with Crippen LogP contribution in [0.2, 0.25) is 0 Å². The molecule has 0 bridgehead atoms. The third-order valence-corrected chi connectivity index (χ3v) is 7.34. The Hall–Kier alpha value is -1.71. The number of hydrogen-bond acceptors (Lipinski definition) is 5. The Morgan fingerprint density at radius 1 is 1.29 bits per heavy atom. The molecular formula is C22H30FN3O3S2. The van der Waals surface area contributed by atoms with Gasteiger partial charge < -0.3 is 14.2 Å². The largest absolute Gasteiger partial charge is 0.380 e. The van der Waals surface area contributed by atoms with Crippen LogP contribution in [0.15, 0.2) is 23.2 Å². The van der Waals surface area contributed by atoms with Gasteiger partial charge in [-0.25, -0.2) is 4.39 Å². The zero-order valence-corrected chi connectivity index (χ0v) is 19.8. The van der Waals surface area contributed by atoms with E-state index in [0.717, 1.165) is 36.0 Å². The lowest BCUT2D eigenvalue weighted by Crippen LogP contribution is -2.44. The number of carbonyl (C=O) groups is 2. The first-order valence-corrected chi connectivity index (χ1v) is 12.8. The van der Waals surface area contributed by atoms with E-state index in [2.05, 4.69) is 11.9 Å². The summed E-state index contributed by atoms with van der Waals surface area (Å²) in [5.41, 5.74) is 0.830. The molecule has 0 aliphatic carbocycles. The summed E-state index contributed by atoms with van der Waals surface area (Å²) in [6.07, 6.45) is 4.26. The van der Waals surface area contributed by atoms with Crippen molar-refractivity contribution in [1.29, 1.82) is 0 Å². The van der Waals surface area contributed by atoms with Crippen molar-refractivity contribution in [3.05, 3.63) is 28.8 Å². The second-order valence-electron chi connectivity index (χ2n) is 7.49. The van der Waals surface area contributed by atoms with Crippen molar-refractivity contribution in [3.8, 4) is 0 Å². The van der Waals surface area contributed by atoms with Crippen LogP contribution in [0, 0.1) is 5.82 Å². The molecule has 2 amide bonds. The van der Waals surface area contributed by atoms with Gasteiger partial charge in [0.15, 0.2) is 4.80 Å². The minimum atomic E-state index is -0.319. The Kier molecular flexibility index (Phi) is 9.10. The number of fused-ring (bicyclic) bond motifs is 1. The summed E-state index contributed by atoms with van der Waals surface area (Å²) in [5.74, 6) is -0.0700. The number of piperidine rings is 1. The molecule has 0 saturated carbocycles. The van der Waals surface area contributed by atoms with Gasteiger partial charge in [-0.3, -0.25) is 9.59 Å². The van der Waals surface area contributed by atoms with Crippen molar-refractivity contribution >= 4 is 45.1 Å². The van der Waals surface area contributed by atoms with Crippen LogP contribution < -0.4 is 4.80 Å². The van der Waals surface area contributed by atoms with Gasteiger partial charge in [0.1, 0.15) is 5.82 Å². The van der Waals surface area contributed by atoms with Crippen molar-refractivity contribution in [3.63, 3.8) is 0 Å². The molecule has 0 N–H and O–H groups in total. The average Bonchev–Trinajstić information content (AvgIpc) is 3.09. The van der Waals surface area contributed by atoms with Crippen LogP contribution in [0.4, 0.5) is 4.39 Å². The predicted molar refractivity (Wildman–Crippen MR) is 124 cm³/mol. The predicted octanol–water partition coefficient (Wildman–Crippen LogP) is 3.83. The Bertz CT molecular complexity index is 973. The first-order chi connectivity index (χ1) is 15.0. The lowest BCUT2D eigenvalue weighted by Gasteiger charge is -2.35. The zero-order chi connectivity index (χ0) is 22.2. The van der Waals surface area contributed by atoms with Gasteiger partial charge in [0.25, 0.3) is 5.91 Å². The van der Waals surface area contributed by atoms with Gasteiger partial charge >= 0.3 is 0 Å². The standard InChI is InChI=1S/C22H30FN3O3S2/c1-3-17-7-5-6-10-25(17)21(28)15-30-14-20(27)24-22-26(11-12-29-4-2)18-9-8-16(23)13-19(18)31-22/h8-9,13,17H,3-7,10-12,14-15H2,1-2H3. The highest BCUT2D eigenvalue weighted by Crippen LogP contribution is 2.21. The number of rotatable bonds is 9. The molecule has 1 aromatic carbocycles. The molecule has 1 aliphatic rings. The highest BCUT2D eigenvalue weighted by atomic mass is 32.2. The first kappa shape index (κ1) is 23.9. The molecular weight excluding hydrogens is 437 g/mol. The number of thiazole rings is 1. The number of amides is 2. The van der Waals surface area contributed by atoms with E-state index >= 15 is 0 Å². The van der Waals surface area contributed by atoms with E-state index in [1.165, 1.54) is 41.7 Å². The molecule has 1 unspecified atom stereocenters. The van der Waals surface area contributed by atoms with Crippen molar-refractivity contribution in [2.45, 2.75) is 52.1 Å². The summed E-state index contributed by atoms with van der Waals surface area (Å²) in [6, 6.07) is 4.89. The molecule has 6 nitrogen and oxygen atoms in total. The van der Waals surface area contributed by atoms with Crippen LogP contribution in [0.3, 0.4) is 0 Å². The van der Waals surface area contributed by atoms with Crippen LogP contribution in [0.1, 0.15) is 39.5 Å². The molecule has 2 aromatic rings. The monoisotopic (exact) mass is 467 g/mol. The smallest absolute Gasteiger partial charge is 0.258 e. The number of halogens is 1. The van der Waals surface area contributed by atoms with Crippen LogP contribution >= 0.6 is 23.1 Å². The van der Waals surface area contributed by atoms with E-state index in [0.29, 0.717) is 36.4 Å². The molecule has 1 saturated heterocycles. The van der Waals surface area contributed by atoms with E-state index in [-0.39, 0.29) is 23.4 Å². The topological polar surface area (TPSA) is 63.9 Å². The maximum absolute atomic E-state index is 13.6. The third-order valence-electron chi connectivity index (χ3n) is 5.40. The molecule has 1 fully saturated rings. The van der Waals surface area contributed by atoms with Crippen LogP contribution in [-0.2, 0) is 20.9 Å². The normalized spacial score (nSPS) is 17.5. The number of hydrogen-bond donors (Lipinski definition) is 0. The van der Waals surface area contributed by atoms with Gasteiger partial charge in [0, 0.05) is 25.7 Å². The average molecular weight is 468 g/mol. The summed E-state index contributed by atoms with van der Waals surface area (Å²) < 4.78 is 21.7. The van der Waals surface area contributed by atoms with E-state index in [1.54, 1.807) is 6.07 Å². The number of benzene rings is 1. The molecule has 3 rings (SSSR count). The number of carbonyl (C=O) groups excluding carboxylic acids is 2. The minimum Gasteiger partial charge on any atom is -0.380 e. The molecule has 0 spiro atoms. The number of likely N-dealkylation sites (tertiary alicyclic amines) is 1. The van der Waals surface area contributed by atoms with Gasteiger partial charge in [-0.15, -0.1) is 11.8 Å². The van der Waals surface area contributed by atoms with Crippen molar-refractivity contribution in [2.75, 3.05) is 31.3 Å². The van der Waals surface area contributed by atoms with Crippen molar-refractivity contribution < 1.29 is 18.7 Å². The molecule has 9 heteroatoms.